The highest BCUT2D eigenvalue weighted by Gasteiger charge is 2.14. The zero-order valence-corrected chi connectivity index (χ0v) is 12.9. The number of aryl methyl sites for hydroxylation is 1. The normalized spacial score (nSPS) is 11.5. The first-order valence-corrected chi connectivity index (χ1v) is 6.94. The monoisotopic (exact) mass is 288 g/mol. The number of aromatic nitrogens is 2. The van der Waals surface area contributed by atoms with Crippen LogP contribution in [0.15, 0.2) is 30.6 Å². The molecule has 2 N–H and O–H groups in total. The summed E-state index contributed by atoms with van der Waals surface area (Å²) in [6.07, 6.45) is 3.31. The fraction of sp³-hybridized carbons (Fsp3) is 0.375. The van der Waals surface area contributed by atoms with E-state index in [1.54, 1.807) is 24.5 Å². The molecule has 0 aliphatic heterocycles. The van der Waals surface area contributed by atoms with Crippen LogP contribution in [0.1, 0.15) is 32.0 Å². The van der Waals surface area contributed by atoms with Gasteiger partial charge in [0.1, 0.15) is 0 Å². The third-order valence-electron chi connectivity index (χ3n) is 3.04. The van der Waals surface area contributed by atoms with Crippen molar-refractivity contribution in [3.8, 4) is 0 Å². The maximum absolute atomic E-state index is 14.5. The van der Waals surface area contributed by atoms with E-state index in [4.69, 9.17) is 0 Å². The Balaban J connectivity index is 2.20. The summed E-state index contributed by atoms with van der Waals surface area (Å²) in [7, 11) is 0. The molecule has 2 aromatic rings. The molecule has 0 aliphatic carbocycles. The van der Waals surface area contributed by atoms with Crippen LogP contribution in [-0.4, -0.2) is 15.5 Å². The van der Waals surface area contributed by atoms with Gasteiger partial charge in [-0.1, -0.05) is 0 Å². The Hall–Kier alpha value is -2.01. The van der Waals surface area contributed by atoms with Crippen molar-refractivity contribution in [2.45, 2.75) is 39.8 Å². The highest BCUT2D eigenvalue weighted by molar-refractivity contribution is 5.59. The average Bonchev–Trinajstić information content (AvgIpc) is 2.41. The van der Waals surface area contributed by atoms with Gasteiger partial charge in [-0.25, -0.2) is 9.37 Å². The quantitative estimate of drug-likeness (QED) is 0.903. The summed E-state index contributed by atoms with van der Waals surface area (Å²) in [4.78, 5) is 8.25. The summed E-state index contributed by atoms with van der Waals surface area (Å²) >= 11 is 0. The molecule has 4 nitrogen and oxygen atoms in total. The molecular weight excluding hydrogens is 267 g/mol. The van der Waals surface area contributed by atoms with Crippen LogP contribution in [-0.2, 0) is 6.54 Å². The first-order chi connectivity index (χ1) is 9.87. The van der Waals surface area contributed by atoms with Gasteiger partial charge in [0, 0.05) is 30.0 Å². The Morgan fingerprint density at radius 2 is 1.90 bits per heavy atom. The standard InChI is InChI=1S/C16H21FN4/c1-11-13(6-5-8-18-11)21-15-14(17)12(7-9-19-15)10-20-16(2,3)4/h5-9,20H,10H2,1-4H3,(H,19,21). The summed E-state index contributed by atoms with van der Waals surface area (Å²) in [6, 6.07) is 5.34. The maximum atomic E-state index is 14.5. The summed E-state index contributed by atoms with van der Waals surface area (Å²) < 4.78 is 14.5. The van der Waals surface area contributed by atoms with E-state index in [0.29, 0.717) is 12.1 Å². The van der Waals surface area contributed by atoms with Gasteiger partial charge in [0.05, 0.1) is 11.4 Å². The lowest BCUT2D eigenvalue weighted by atomic mass is 10.1. The molecule has 0 saturated heterocycles. The Bertz CT molecular complexity index is 620. The van der Waals surface area contributed by atoms with Crippen LogP contribution in [0.3, 0.4) is 0 Å². The van der Waals surface area contributed by atoms with Gasteiger partial charge < -0.3 is 10.6 Å². The molecule has 2 heterocycles. The van der Waals surface area contributed by atoms with Gasteiger partial charge in [-0.2, -0.15) is 0 Å². The largest absolute Gasteiger partial charge is 0.336 e. The highest BCUT2D eigenvalue weighted by Crippen LogP contribution is 2.21. The van der Waals surface area contributed by atoms with Crippen LogP contribution < -0.4 is 10.6 Å². The number of nitrogens with zero attached hydrogens (tertiary/aromatic N) is 2. The molecule has 21 heavy (non-hydrogen) atoms. The third-order valence-corrected chi connectivity index (χ3v) is 3.04. The van der Waals surface area contributed by atoms with Crippen molar-refractivity contribution in [3.05, 3.63) is 47.7 Å². The molecule has 0 bridgehead atoms. The van der Waals surface area contributed by atoms with Crippen LogP contribution in [0.25, 0.3) is 0 Å². The van der Waals surface area contributed by atoms with Gasteiger partial charge in [0.25, 0.3) is 0 Å². The zero-order chi connectivity index (χ0) is 15.5. The fourth-order valence-electron chi connectivity index (χ4n) is 1.81. The van der Waals surface area contributed by atoms with Crippen molar-refractivity contribution in [1.29, 1.82) is 0 Å². The van der Waals surface area contributed by atoms with E-state index in [9.17, 15) is 4.39 Å². The van der Waals surface area contributed by atoms with Crippen molar-refractivity contribution >= 4 is 11.5 Å². The molecular formula is C16H21FN4. The lowest BCUT2D eigenvalue weighted by Crippen LogP contribution is -2.35. The van der Waals surface area contributed by atoms with Crippen molar-refractivity contribution in [1.82, 2.24) is 15.3 Å². The second-order valence-corrected chi connectivity index (χ2v) is 6.00. The number of pyridine rings is 2. The number of hydrogen-bond acceptors (Lipinski definition) is 4. The predicted octanol–water partition coefficient (Wildman–Crippen LogP) is 3.56. The van der Waals surface area contributed by atoms with Crippen LogP contribution in [0.5, 0.6) is 0 Å². The van der Waals surface area contributed by atoms with E-state index in [2.05, 4.69) is 20.6 Å². The van der Waals surface area contributed by atoms with Crippen LogP contribution in [0.4, 0.5) is 15.9 Å². The molecule has 0 radical (unpaired) electrons. The Morgan fingerprint density at radius 3 is 2.57 bits per heavy atom. The number of rotatable bonds is 4. The van der Waals surface area contributed by atoms with Crippen molar-refractivity contribution < 1.29 is 4.39 Å². The van der Waals surface area contributed by atoms with Gasteiger partial charge >= 0.3 is 0 Å². The third kappa shape index (κ3) is 4.23. The summed E-state index contributed by atoms with van der Waals surface area (Å²) in [5.74, 6) is -0.114. The highest BCUT2D eigenvalue weighted by atomic mass is 19.1. The zero-order valence-electron chi connectivity index (χ0n) is 12.9. The van der Waals surface area contributed by atoms with E-state index in [0.717, 1.165) is 11.4 Å². The SMILES string of the molecule is Cc1ncccc1Nc1nccc(CNC(C)(C)C)c1F. The molecule has 0 amide bonds. The second-order valence-electron chi connectivity index (χ2n) is 6.00. The Kier molecular flexibility index (Phi) is 4.53. The lowest BCUT2D eigenvalue weighted by molar-refractivity contribution is 0.418. The summed E-state index contributed by atoms with van der Waals surface area (Å²) in [5.41, 5.74) is 2.08. The van der Waals surface area contributed by atoms with Crippen LogP contribution in [0, 0.1) is 12.7 Å². The topological polar surface area (TPSA) is 49.8 Å². The molecule has 0 atom stereocenters. The van der Waals surface area contributed by atoms with Gasteiger partial charge in [-0.15, -0.1) is 0 Å². The van der Waals surface area contributed by atoms with Gasteiger partial charge in [-0.3, -0.25) is 4.98 Å². The lowest BCUT2D eigenvalue weighted by Gasteiger charge is -2.21. The van der Waals surface area contributed by atoms with Crippen LogP contribution in [0.2, 0.25) is 0 Å². The van der Waals surface area contributed by atoms with E-state index in [1.165, 1.54) is 0 Å². The molecule has 0 aromatic carbocycles. The molecule has 112 valence electrons. The number of nitrogens with one attached hydrogen (secondary N) is 2. The number of anilines is 2. The second kappa shape index (κ2) is 6.18. The van der Waals surface area contributed by atoms with E-state index >= 15 is 0 Å². The molecule has 0 aliphatic rings. The number of hydrogen-bond donors (Lipinski definition) is 2. The molecule has 0 saturated carbocycles. The fourth-order valence-corrected chi connectivity index (χ4v) is 1.81. The molecule has 0 unspecified atom stereocenters. The van der Waals surface area contributed by atoms with Gasteiger partial charge in [0.2, 0.25) is 0 Å². The minimum Gasteiger partial charge on any atom is -0.336 e. The smallest absolute Gasteiger partial charge is 0.170 e. The minimum absolute atomic E-state index is 0.0662. The van der Waals surface area contributed by atoms with E-state index < -0.39 is 0 Å². The summed E-state index contributed by atoms with van der Waals surface area (Å²) in [6.45, 7) is 8.46. The van der Waals surface area contributed by atoms with Gasteiger partial charge in [0.15, 0.2) is 11.6 Å². The molecule has 2 rings (SSSR count). The van der Waals surface area contributed by atoms with E-state index in [1.807, 2.05) is 33.8 Å². The Morgan fingerprint density at radius 1 is 1.14 bits per heavy atom. The maximum Gasteiger partial charge on any atom is 0.170 e. The predicted molar refractivity (Wildman–Crippen MR) is 83.0 cm³/mol. The molecule has 0 spiro atoms. The first-order valence-electron chi connectivity index (χ1n) is 6.94. The molecule has 2 aromatic heterocycles. The first kappa shape index (κ1) is 15.4. The van der Waals surface area contributed by atoms with E-state index in [-0.39, 0.29) is 17.2 Å². The van der Waals surface area contributed by atoms with Crippen molar-refractivity contribution in [2.75, 3.05) is 5.32 Å². The average molecular weight is 288 g/mol. The van der Waals surface area contributed by atoms with Gasteiger partial charge in [-0.05, 0) is 45.9 Å². The number of halogens is 1. The van der Waals surface area contributed by atoms with Crippen molar-refractivity contribution in [2.24, 2.45) is 0 Å². The molecule has 5 heteroatoms. The Labute approximate surface area is 124 Å². The van der Waals surface area contributed by atoms with Crippen molar-refractivity contribution in [3.63, 3.8) is 0 Å². The summed E-state index contributed by atoms with van der Waals surface area (Å²) in [5, 5.41) is 6.28. The van der Waals surface area contributed by atoms with Crippen LogP contribution >= 0.6 is 0 Å². The molecule has 0 fully saturated rings. The minimum atomic E-state index is -0.336.